The van der Waals surface area contributed by atoms with E-state index in [0.717, 1.165) is 25.3 Å². The van der Waals surface area contributed by atoms with Gasteiger partial charge in [-0.1, -0.05) is 25.1 Å². The van der Waals surface area contributed by atoms with E-state index in [9.17, 15) is 0 Å². The maximum atomic E-state index is 5.48. The highest BCUT2D eigenvalue weighted by molar-refractivity contribution is 5.36. The molecule has 2 aromatic rings. The number of likely N-dealkylation sites (N-methyl/N-ethyl adjacent to an activating group) is 1. The van der Waals surface area contributed by atoms with Gasteiger partial charge in [-0.2, -0.15) is 5.10 Å². The summed E-state index contributed by atoms with van der Waals surface area (Å²) < 4.78 is 7.43. The fraction of sp³-hybridized carbons (Fsp3) is 0.438. The van der Waals surface area contributed by atoms with Gasteiger partial charge >= 0.3 is 0 Å². The van der Waals surface area contributed by atoms with Gasteiger partial charge in [-0.15, -0.1) is 0 Å². The van der Waals surface area contributed by atoms with E-state index >= 15 is 0 Å². The molecule has 0 saturated carbocycles. The third-order valence-electron chi connectivity index (χ3n) is 3.42. The third kappa shape index (κ3) is 3.39. The van der Waals surface area contributed by atoms with E-state index in [0.29, 0.717) is 0 Å². The summed E-state index contributed by atoms with van der Waals surface area (Å²) in [5.41, 5.74) is 2.44. The fourth-order valence-electron chi connectivity index (χ4n) is 2.41. The van der Waals surface area contributed by atoms with Crippen LogP contribution >= 0.6 is 0 Å². The van der Waals surface area contributed by atoms with Crippen molar-refractivity contribution in [3.8, 4) is 5.75 Å². The molecular weight excluding hydrogens is 250 g/mol. The number of ether oxygens (including phenoxy) is 1. The number of hydrogen-bond acceptors (Lipinski definition) is 3. The minimum Gasteiger partial charge on any atom is -0.496 e. The Morgan fingerprint density at radius 2 is 2.10 bits per heavy atom. The number of rotatable bonds is 7. The van der Waals surface area contributed by atoms with Crippen molar-refractivity contribution in [2.75, 3.05) is 13.7 Å². The van der Waals surface area contributed by atoms with Gasteiger partial charge in [-0.3, -0.25) is 4.68 Å². The number of methoxy groups -OCH3 is 1. The van der Waals surface area contributed by atoms with E-state index in [1.54, 1.807) is 7.11 Å². The number of nitrogens with one attached hydrogen (secondary N) is 1. The molecule has 4 nitrogen and oxygen atoms in total. The van der Waals surface area contributed by atoms with Gasteiger partial charge in [0.25, 0.3) is 0 Å². The van der Waals surface area contributed by atoms with Crippen molar-refractivity contribution in [1.29, 1.82) is 0 Å². The molecule has 1 heterocycles. The Morgan fingerprint density at radius 3 is 2.75 bits per heavy atom. The Bertz CT molecular complexity index is 536. The molecule has 1 aromatic carbocycles. The van der Waals surface area contributed by atoms with Crippen LogP contribution in [0.4, 0.5) is 0 Å². The van der Waals surface area contributed by atoms with Gasteiger partial charge in [0.05, 0.1) is 13.3 Å². The normalized spacial score (nSPS) is 12.3. The maximum Gasteiger partial charge on any atom is 0.123 e. The van der Waals surface area contributed by atoms with E-state index in [2.05, 4.69) is 42.6 Å². The summed E-state index contributed by atoms with van der Waals surface area (Å²) in [6.07, 6.45) is 4.97. The molecule has 1 atom stereocenters. The van der Waals surface area contributed by atoms with Crippen molar-refractivity contribution in [3.63, 3.8) is 0 Å². The van der Waals surface area contributed by atoms with Crippen LogP contribution in [-0.4, -0.2) is 23.4 Å². The lowest BCUT2D eigenvalue weighted by atomic mass is 9.99. The van der Waals surface area contributed by atoms with E-state index in [1.807, 2.05) is 23.0 Å². The Balaban J connectivity index is 2.21. The molecule has 4 heteroatoms. The van der Waals surface area contributed by atoms with Crippen LogP contribution in [0.25, 0.3) is 0 Å². The number of nitrogens with zero attached hydrogens (tertiary/aromatic N) is 2. The van der Waals surface area contributed by atoms with Gasteiger partial charge in [0.15, 0.2) is 0 Å². The molecule has 0 amide bonds. The molecule has 0 saturated heterocycles. The highest BCUT2D eigenvalue weighted by Crippen LogP contribution is 2.27. The van der Waals surface area contributed by atoms with Gasteiger partial charge in [0.1, 0.15) is 5.75 Å². The van der Waals surface area contributed by atoms with Crippen molar-refractivity contribution in [1.82, 2.24) is 15.1 Å². The summed E-state index contributed by atoms with van der Waals surface area (Å²) in [4.78, 5) is 0. The average molecular weight is 273 g/mol. The van der Waals surface area contributed by atoms with Gasteiger partial charge in [-0.05, 0) is 31.5 Å². The predicted octanol–water partition coefficient (Wildman–Crippen LogP) is 2.80. The molecule has 0 aliphatic rings. The fourth-order valence-corrected chi connectivity index (χ4v) is 2.41. The second-order valence-electron chi connectivity index (χ2n) is 4.76. The lowest BCUT2D eigenvalue weighted by Gasteiger charge is -2.20. The minimum absolute atomic E-state index is 0.241. The molecule has 2 rings (SSSR count). The lowest BCUT2D eigenvalue weighted by molar-refractivity contribution is 0.399. The Labute approximate surface area is 120 Å². The van der Waals surface area contributed by atoms with Crippen LogP contribution in [0.2, 0.25) is 0 Å². The summed E-state index contributed by atoms with van der Waals surface area (Å²) in [6, 6.07) is 8.43. The van der Waals surface area contributed by atoms with Crippen molar-refractivity contribution in [3.05, 3.63) is 47.8 Å². The van der Waals surface area contributed by atoms with Crippen LogP contribution in [0.3, 0.4) is 0 Å². The lowest BCUT2D eigenvalue weighted by Crippen LogP contribution is -2.23. The quantitative estimate of drug-likeness (QED) is 0.843. The Hall–Kier alpha value is -1.81. The Morgan fingerprint density at radius 1 is 1.30 bits per heavy atom. The molecule has 20 heavy (non-hydrogen) atoms. The molecule has 0 aliphatic carbocycles. The van der Waals surface area contributed by atoms with E-state index in [-0.39, 0.29) is 6.04 Å². The van der Waals surface area contributed by atoms with Crippen LogP contribution in [0.5, 0.6) is 5.75 Å². The summed E-state index contributed by atoms with van der Waals surface area (Å²) in [5.74, 6) is 0.932. The zero-order chi connectivity index (χ0) is 14.4. The van der Waals surface area contributed by atoms with Gasteiger partial charge in [0.2, 0.25) is 0 Å². The Kier molecular flexibility index (Phi) is 5.18. The first kappa shape index (κ1) is 14.6. The first-order valence-electron chi connectivity index (χ1n) is 7.16. The van der Waals surface area contributed by atoms with E-state index < -0.39 is 0 Å². The van der Waals surface area contributed by atoms with Crippen LogP contribution in [0, 0.1) is 0 Å². The first-order valence-corrected chi connectivity index (χ1v) is 7.16. The highest BCUT2D eigenvalue weighted by atomic mass is 16.5. The summed E-state index contributed by atoms with van der Waals surface area (Å²) in [6.45, 7) is 6.04. The summed E-state index contributed by atoms with van der Waals surface area (Å²) in [7, 11) is 1.72. The monoisotopic (exact) mass is 273 g/mol. The van der Waals surface area contributed by atoms with Crippen molar-refractivity contribution >= 4 is 0 Å². The molecular formula is C16H23N3O. The SMILES string of the molecule is CCNC(Cc1cnn(CC)c1)c1ccccc1OC. The highest BCUT2D eigenvalue weighted by Gasteiger charge is 2.16. The number of aromatic nitrogens is 2. The summed E-state index contributed by atoms with van der Waals surface area (Å²) >= 11 is 0. The molecule has 0 spiro atoms. The third-order valence-corrected chi connectivity index (χ3v) is 3.42. The smallest absolute Gasteiger partial charge is 0.123 e. The van der Waals surface area contributed by atoms with Gasteiger partial charge in [-0.25, -0.2) is 0 Å². The predicted molar refractivity (Wildman–Crippen MR) is 81.0 cm³/mol. The molecule has 0 bridgehead atoms. The van der Waals surface area contributed by atoms with E-state index in [4.69, 9.17) is 4.74 Å². The maximum absolute atomic E-state index is 5.48. The number of benzene rings is 1. The first-order chi connectivity index (χ1) is 9.78. The van der Waals surface area contributed by atoms with Crippen LogP contribution < -0.4 is 10.1 Å². The molecule has 1 aromatic heterocycles. The van der Waals surface area contributed by atoms with Crippen LogP contribution in [-0.2, 0) is 13.0 Å². The van der Waals surface area contributed by atoms with E-state index in [1.165, 1.54) is 11.1 Å². The van der Waals surface area contributed by atoms with Gasteiger partial charge in [0, 0.05) is 24.3 Å². The number of hydrogen-bond donors (Lipinski definition) is 1. The largest absolute Gasteiger partial charge is 0.496 e. The minimum atomic E-state index is 0.241. The van der Waals surface area contributed by atoms with Gasteiger partial charge < -0.3 is 10.1 Å². The topological polar surface area (TPSA) is 39.1 Å². The molecule has 0 aliphatic heterocycles. The number of para-hydroxylation sites is 1. The zero-order valence-corrected chi connectivity index (χ0v) is 12.5. The van der Waals surface area contributed by atoms with Crippen molar-refractivity contribution in [2.45, 2.75) is 32.9 Å². The van der Waals surface area contributed by atoms with Crippen LogP contribution in [0.15, 0.2) is 36.7 Å². The standard InChI is InChI=1S/C16H23N3O/c1-4-17-15(10-13-11-18-19(5-2)12-13)14-8-6-7-9-16(14)20-3/h6-9,11-12,15,17H,4-5,10H2,1-3H3. The molecule has 1 unspecified atom stereocenters. The van der Waals surface area contributed by atoms with Crippen molar-refractivity contribution < 1.29 is 4.74 Å². The molecule has 1 N–H and O–H groups in total. The van der Waals surface area contributed by atoms with Crippen LogP contribution in [0.1, 0.15) is 31.0 Å². The second-order valence-corrected chi connectivity index (χ2v) is 4.76. The average Bonchev–Trinajstić information content (AvgIpc) is 2.94. The molecule has 0 radical (unpaired) electrons. The second kappa shape index (κ2) is 7.10. The van der Waals surface area contributed by atoms with Crippen molar-refractivity contribution in [2.24, 2.45) is 0 Å². The summed E-state index contributed by atoms with van der Waals surface area (Å²) in [5, 5.41) is 7.87. The molecule has 108 valence electrons. The molecule has 0 fully saturated rings. The zero-order valence-electron chi connectivity index (χ0n) is 12.5. The number of aryl methyl sites for hydroxylation is 1.